The molecule has 0 aliphatic carbocycles. The Morgan fingerprint density at radius 2 is 2.00 bits per heavy atom. The molecular formula is C11H21NO4. The molecule has 0 aromatic carbocycles. The van der Waals surface area contributed by atoms with E-state index in [1.165, 1.54) is 4.90 Å². The monoisotopic (exact) mass is 231 g/mol. The van der Waals surface area contributed by atoms with Gasteiger partial charge in [-0.1, -0.05) is 0 Å². The molecule has 0 aliphatic heterocycles. The number of hydrogen-bond donors (Lipinski definition) is 0. The fourth-order valence-corrected chi connectivity index (χ4v) is 1.12. The summed E-state index contributed by atoms with van der Waals surface area (Å²) < 4.78 is 9.79. The molecule has 1 atom stereocenters. The van der Waals surface area contributed by atoms with Gasteiger partial charge in [0.1, 0.15) is 6.54 Å². The largest absolute Gasteiger partial charge is 0.465 e. The average molecular weight is 231 g/mol. The molecule has 5 nitrogen and oxygen atoms in total. The lowest BCUT2D eigenvalue weighted by Gasteiger charge is -2.17. The molecule has 0 aliphatic rings. The van der Waals surface area contributed by atoms with Gasteiger partial charge in [0.25, 0.3) is 0 Å². The molecule has 0 rings (SSSR count). The van der Waals surface area contributed by atoms with Gasteiger partial charge < -0.3 is 14.4 Å². The number of esters is 1. The molecule has 94 valence electrons. The lowest BCUT2D eigenvalue weighted by Crippen LogP contribution is -2.33. The van der Waals surface area contributed by atoms with Crippen LogP contribution in [0.15, 0.2) is 0 Å². The summed E-state index contributed by atoms with van der Waals surface area (Å²) in [5.41, 5.74) is 0. The third kappa shape index (κ3) is 6.40. The number of carbonyl (C=O) groups excluding carboxylic acids is 2. The van der Waals surface area contributed by atoms with Crippen molar-refractivity contribution in [1.29, 1.82) is 0 Å². The maximum absolute atomic E-state index is 11.6. The van der Waals surface area contributed by atoms with E-state index in [2.05, 4.69) is 0 Å². The Balaban J connectivity index is 3.85. The Morgan fingerprint density at radius 3 is 2.50 bits per heavy atom. The van der Waals surface area contributed by atoms with Gasteiger partial charge in [-0.15, -0.1) is 0 Å². The number of hydrogen-bond acceptors (Lipinski definition) is 4. The van der Waals surface area contributed by atoms with Crippen LogP contribution in [0.3, 0.4) is 0 Å². The molecule has 0 N–H and O–H groups in total. The highest BCUT2D eigenvalue weighted by Crippen LogP contribution is 2.02. The van der Waals surface area contributed by atoms with Crippen molar-refractivity contribution < 1.29 is 19.1 Å². The van der Waals surface area contributed by atoms with E-state index in [0.29, 0.717) is 19.4 Å². The van der Waals surface area contributed by atoms with Crippen LogP contribution in [-0.2, 0) is 19.1 Å². The van der Waals surface area contributed by atoms with Crippen molar-refractivity contribution in [2.45, 2.75) is 32.8 Å². The summed E-state index contributed by atoms with van der Waals surface area (Å²) in [6, 6.07) is 0. The maximum atomic E-state index is 11.6. The third-order valence-electron chi connectivity index (χ3n) is 2.26. The number of nitrogens with zero attached hydrogens (tertiary/aromatic N) is 1. The van der Waals surface area contributed by atoms with Crippen LogP contribution < -0.4 is 0 Å². The molecule has 0 fully saturated rings. The summed E-state index contributed by atoms with van der Waals surface area (Å²) in [4.78, 5) is 24.1. The molecule has 0 saturated carbocycles. The summed E-state index contributed by atoms with van der Waals surface area (Å²) in [5, 5.41) is 0. The number of carbonyl (C=O) groups is 2. The van der Waals surface area contributed by atoms with Gasteiger partial charge in [-0.05, 0) is 20.3 Å². The van der Waals surface area contributed by atoms with E-state index in [0.717, 1.165) is 0 Å². The van der Waals surface area contributed by atoms with Gasteiger partial charge >= 0.3 is 5.97 Å². The van der Waals surface area contributed by atoms with Crippen molar-refractivity contribution in [2.75, 3.05) is 27.3 Å². The van der Waals surface area contributed by atoms with Crippen molar-refractivity contribution in [2.24, 2.45) is 0 Å². The Morgan fingerprint density at radius 1 is 1.38 bits per heavy atom. The Kier molecular flexibility index (Phi) is 7.54. The smallest absolute Gasteiger partial charge is 0.325 e. The predicted octanol–water partition coefficient (Wildman–Crippen LogP) is 0.823. The van der Waals surface area contributed by atoms with Crippen molar-refractivity contribution in [3.63, 3.8) is 0 Å². The molecule has 16 heavy (non-hydrogen) atoms. The number of amides is 1. The zero-order valence-electron chi connectivity index (χ0n) is 10.5. The highest BCUT2D eigenvalue weighted by molar-refractivity contribution is 5.81. The minimum atomic E-state index is -0.377. The van der Waals surface area contributed by atoms with E-state index in [4.69, 9.17) is 9.47 Å². The second kappa shape index (κ2) is 8.10. The first-order chi connectivity index (χ1) is 7.51. The fraction of sp³-hybridized carbons (Fsp3) is 0.818. The van der Waals surface area contributed by atoms with Crippen LogP contribution in [0.2, 0.25) is 0 Å². The zero-order valence-corrected chi connectivity index (χ0v) is 10.5. The van der Waals surface area contributed by atoms with Crippen LogP contribution >= 0.6 is 0 Å². The number of ether oxygens (including phenoxy) is 2. The van der Waals surface area contributed by atoms with Crippen molar-refractivity contribution in [1.82, 2.24) is 4.90 Å². The summed E-state index contributed by atoms with van der Waals surface area (Å²) in [6.45, 7) is 3.98. The average Bonchev–Trinajstić information content (AvgIpc) is 2.25. The summed E-state index contributed by atoms with van der Waals surface area (Å²) >= 11 is 0. The van der Waals surface area contributed by atoms with Crippen molar-refractivity contribution in [3.8, 4) is 0 Å². The molecule has 0 radical (unpaired) electrons. The first kappa shape index (κ1) is 14.9. The second-order valence-corrected chi connectivity index (χ2v) is 3.64. The first-order valence-electron chi connectivity index (χ1n) is 5.43. The van der Waals surface area contributed by atoms with E-state index in [-0.39, 0.29) is 24.5 Å². The van der Waals surface area contributed by atoms with E-state index in [9.17, 15) is 9.59 Å². The Hall–Kier alpha value is -1.10. The topological polar surface area (TPSA) is 55.8 Å². The lowest BCUT2D eigenvalue weighted by atomic mass is 10.2. The van der Waals surface area contributed by atoms with Crippen LogP contribution in [-0.4, -0.2) is 50.2 Å². The van der Waals surface area contributed by atoms with Crippen molar-refractivity contribution in [3.05, 3.63) is 0 Å². The third-order valence-corrected chi connectivity index (χ3v) is 2.26. The fourth-order valence-electron chi connectivity index (χ4n) is 1.12. The standard InChI is InChI=1S/C11H21NO4/c1-5-16-11(14)8-12(3)10(13)7-6-9(2)15-4/h9H,5-8H2,1-4H3. The molecule has 1 unspecified atom stereocenters. The molecule has 0 heterocycles. The highest BCUT2D eigenvalue weighted by atomic mass is 16.5. The van der Waals surface area contributed by atoms with E-state index < -0.39 is 0 Å². The summed E-state index contributed by atoms with van der Waals surface area (Å²) in [6.07, 6.45) is 1.09. The zero-order chi connectivity index (χ0) is 12.6. The van der Waals surface area contributed by atoms with E-state index in [1.807, 2.05) is 6.92 Å². The highest BCUT2D eigenvalue weighted by Gasteiger charge is 2.14. The van der Waals surface area contributed by atoms with Gasteiger partial charge in [0.05, 0.1) is 12.7 Å². The molecule has 0 saturated heterocycles. The summed E-state index contributed by atoms with van der Waals surface area (Å²) in [7, 11) is 3.20. The minimum Gasteiger partial charge on any atom is -0.465 e. The SMILES string of the molecule is CCOC(=O)CN(C)C(=O)CCC(C)OC. The van der Waals surface area contributed by atoms with Gasteiger partial charge in [0, 0.05) is 20.6 Å². The van der Waals surface area contributed by atoms with Crippen LogP contribution in [0.5, 0.6) is 0 Å². The first-order valence-corrected chi connectivity index (χ1v) is 5.43. The molecule has 1 amide bonds. The van der Waals surface area contributed by atoms with Gasteiger partial charge in [0.15, 0.2) is 0 Å². The quantitative estimate of drug-likeness (QED) is 0.609. The molecule has 0 aromatic heterocycles. The molecule has 0 aromatic rings. The summed E-state index contributed by atoms with van der Waals surface area (Å²) in [5.74, 6) is -0.449. The lowest BCUT2D eigenvalue weighted by molar-refractivity contribution is -0.148. The molecule has 5 heteroatoms. The van der Waals surface area contributed by atoms with Crippen LogP contribution in [0.25, 0.3) is 0 Å². The van der Waals surface area contributed by atoms with Gasteiger partial charge in [0.2, 0.25) is 5.91 Å². The Labute approximate surface area is 96.7 Å². The number of methoxy groups -OCH3 is 1. The van der Waals surface area contributed by atoms with Gasteiger partial charge in [-0.3, -0.25) is 9.59 Å². The van der Waals surface area contributed by atoms with Crippen LogP contribution in [0, 0.1) is 0 Å². The normalized spacial score (nSPS) is 12.0. The van der Waals surface area contributed by atoms with Crippen molar-refractivity contribution >= 4 is 11.9 Å². The van der Waals surface area contributed by atoms with Gasteiger partial charge in [-0.2, -0.15) is 0 Å². The van der Waals surface area contributed by atoms with Gasteiger partial charge in [-0.25, -0.2) is 0 Å². The number of likely N-dealkylation sites (N-methyl/N-ethyl adjacent to an activating group) is 1. The van der Waals surface area contributed by atoms with Crippen LogP contribution in [0.4, 0.5) is 0 Å². The number of rotatable bonds is 7. The Bertz CT molecular complexity index is 230. The maximum Gasteiger partial charge on any atom is 0.325 e. The minimum absolute atomic E-state index is 0.00797. The van der Waals surface area contributed by atoms with E-state index in [1.54, 1.807) is 21.1 Å². The van der Waals surface area contributed by atoms with Crippen LogP contribution in [0.1, 0.15) is 26.7 Å². The second-order valence-electron chi connectivity index (χ2n) is 3.64. The van der Waals surface area contributed by atoms with E-state index >= 15 is 0 Å². The molecule has 0 bridgehead atoms. The predicted molar refractivity (Wildman–Crippen MR) is 60.0 cm³/mol. The molecule has 0 spiro atoms. The molecular weight excluding hydrogens is 210 g/mol.